The van der Waals surface area contributed by atoms with Crippen LogP contribution in [0.4, 0.5) is 4.79 Å². The maximum Gasteiger partial charge on any atom is 0.408 e. The van der Waals surface area contributed by atoms with Crippen molar-refractivity contribution >= 4 is 34.9 Å². The second kappa shape index (κ2) is 8.86. The van der Waals surface area contributed by atoms with Crippen LogP contribution in [0.5, 0.6) is 0 Å². The molecular formula is C23H25N3O6S. The van der Waals surface area contributed by atoms with Crippen LogP contribution >= 0.6 is 11.3 Å². The number of hydrogen-bond acceptors (Lipinski definition) is 8. The molecule has 0 spiro atoms. The number of ether oxygens (including phenoxy) is 2. The van der Waals surface area contributed by atoms with Crippen LogP contribution in [0.25, 0.3) is 16.3 Å². The largest absolute Gasteiger partial charge is 0.462 e. The number of aromatic nitrogens is 1. The molecule has 33 heavy (non-hydrogen) atoms. The fourth-order valence-corrected chi connectivity index (χ4v) is 4.67. The van der Waals surface area contributed by atoms with Crippen LogP contribution in [-0.4, -0.2) is 52.1 Å². The number of rotatable bonds is 6. The van der Waals surface area contributed by atoms with Crippen molar-refractivity contribution in [3.05, 3.63) is 47.8 Å². The summed E-state index contributed by atoms with van der Waals surface area (Å²) < 4.78 is 16.0. The van der Waals surface area contributed by atoms with E-state index in [9.17, 15) is 14.4 Å². The van der Waals surface area contributed by atoms with Gasteiger partial charge in [0.2, 0.25) is 0 Å². The van der Waals surface area contributed by atoms with Gasteiger partial charge < -0.3 is 19.2 Å². The number of alkyl carbamates (subject to hydrolysis) is 1. The minimum Gasteiger partial charge on any atom is -0.462 e. The first-order valence-corrected chi connectivity index (χ1v) is 11.4. The van der Waals surface area contributed by atoms with Gasteiger partial charge in [-0.3, -0.25) is 9.69 Å². The lowest BCUT2D eigenvalue weighted by molar-refractivity contribution is -0.155. The Kier molecular flexibility index (Phi) is 6.11. The first-order chi connectivity index (χ1) is 15.7. The summed E-state index contributed by atoms with van der Waals surface area (Å²) in [4.78, 5) is 44.2. The van der Waals surface area contributed by atoms with Gasteiger partial charge in [0.05, 0.1) is 18.0 Å². The zero-order chi connectivity index (χ0) is 23.8. The highest BCUT2D eigenvalue weighted by molar-refractivity contribution is 7.13. The molecule has 0 aromatic carbocycles. The number of nitrogens with one attached hydrogen (secondary N) is 1. The third kappa shape index (κ3) is 4.56. The Morgan fingerprint density at radius 1 is 1.42 bits per heavy atom. The molecule has 4 rings (SSSR count). The molecule has 1 fully saturated rings. The molecule has 4 heterocycles. The molecule has 2 atom stereocenters. The first-order valence-electron chi connectivity index (χ1n) is 10.5. The molecule has 0 aliphatic carbocycles. The second-order valence-electron chi connectivity index (χ2n) is 8.67. The molecule has 10 heteroatoms. The summed E-state index contributed by atoms with van der Waals surface area (Å²) in [5.74, 6) is -0.403. The maximum absolute atomic E-state index is 13.0. The topological polar surface area (TPSA) is 111 Å². The molecule has 2 aromatic rings. The van der Waals surface area contributed by atoms with E-state index >= 15 is 0 Å². The van der Waals surface area contributed by atoms with Crippen LogP contribution in [0, 0.1) is 0 Å². The average Bonchev–Trinajstić information content (AvgIpc) is 3.45. The lowest BCUT2D eigenvalue weighted by atomic mass is 9.83. The van der Waals surface area contributed by atoms with Crippen molar-refractivity contribution in [1.82, 2.24) is 15.2 Å². The molecular weight excluding hydrogens is 446 g/mol. The van der Waals surface area contributed by atoms with Gasteiger partial charge in [-0.15, -0.1) is 11.3 Å². The van der Waals surface area contributed by atoms with E-state index in [-0.39, 0.29) is 18.3 Å². The summed E-state index contributed by atoms with van der Waals surface area (Å²) in [6.45, 7) is 8.81. The fourth-order valence-electron chi connectivity index (χ4n) is 3.86. The summed E-state index contributed by atoms with van der Waals surface area (Å²) in [5.41, 5.74) is 0.674. The quantitative estimate of drug-likeness (QED) is 0.388. The molecule has 2 aromatic heterocycles. The van der Waals surface area contributed by atoms with Crippen LogP contribution < -0.4 is 5.32 Å². The van der Waals surface area contributed by atoms with Gasteiger partial charge in [-0.2, -0.15) is 0 Å². The van der Waals surface area contributed by atoms with Crippen LogP contribution in [0.3, 0.4) is 0 Å². The first kappa shape index (κ1) is 22.8. The van der Waals surface area contributed by atoms with Gasteiger partial charge in [0.15, 0.2) is 10.8 Å². The Balaban J connectivity index is 1.62. The molecule has 0 unspecified atom stereocenters. The van der Waals surface area contributed by atoms with Gasteiger partial charge in [0, 0.05) is 11.0 Å². The number of β-lactam (4-membered cyclic amide) rings is 1. The number of hydrogen-bond donors (Lipinski definition) is 1. The Labute approximate surface area is 195 Å². The zero-order valence-electron chi connectivity index (χ0n) is 18.6. The van der Waals surface area contributed by atoms with E-state index in [1.807, 2.05) is 5.38 Å². The number of fused-ring (bicyclic) bond motifs is 1. The second-order valence-corrected chi connectivity index (χ2v) is 9.53. The monoisotopic (exact) mass is 471 g/mol. The van der Waals surface area contributed by atoms with Crippen molar-refractivity contribution in [3.63, 3.8) is 0 Å². The Bertz CT molecular complexity index is 1110. The standard InChI is InChI=1S/C23H25N3O6S/c1-5-10-31-21(28)18-13(14-12-33-19(24-14)16-7-6-11-30-16)8-9-15-17(20(27)26(15)18)25-22(29)32-23(2,3)4/h5-7,11-12,15,17H,1,8-10H2,2-4H3,(H,25,29)/t15-,17+/m1/s1. The fraction of sp³-hybridized carbons (Fsp3) is 0.391. The lowest BCUT2D eigenvalue weighted by Crippen LogP contribution is -2.71. The SMILES string of the molecule is C=CCOC(=O)C1=C(c2csc(-c3ccco3)n2)CC[C@@H]2[C@H](NC(=O)OC(C)(C)C)C(=O)N12. The smallest absolute Gasteiger partial charge is 0.408 e. The van der Waals surface area contributed by atoms with Crippen molar-refractivity contribution in [2.24, 2.45) is 0 Å². The van der Waals surface area contributed by atoms with E-state index in [0.717, 1.165) is 0 Å². The summed E-state index contributed by atoms with van der Waals surface area (Å²) >= 11 is 1.38. The highest BCUT2D eigenvalue weighted by Crippen LogP contribution is 2.42. The van der Waals surface area contributed by atoms with E-state index in [0.29, 0.717) is 34.9 Å². The van der Waals surface area contributed by atoms with Crippen molar-refractivity contribution < 1.29 is 28.3 Å². The molecule has 2 aliphatic rings. The Morgan fingerprint density at radius 2 is 2.21 bits per heavy atom. The van der Waals surface area contributed by atoms with Gasteiger partial charge in [0.1, 0.15) is 23.9 Å². The molecule has 9 nitrogen and oxygen atoms in total. The number of carbonyl (C=O) groups excluding carboxylic acids is 3. The van der Waals surface area contributed by atoms with Gasteiger partial charge in [0.25, 0.3) is 5.91 Å². The van der Waals surface area contributed by atoms with E-state index in [1.54, 1.807) is 39.2 Å². The predicted octanol–water partition coefficient (Wildman–Crippen LogP) is 3.74. The van der Waals surface area contributed by atoms with E-state index in [2.05, 4.69) is 16.9 Å². The maximum atomic E-state index is 13.0. The summed E-state index contributed by atoms with van der Waals surface area (Å²) in [7, 11) is 0. The van der Waals surface area contributed by atoms with Crippen LogP contribution in [0.2, 0.25) is 0 Å². The van der Waals surface area contributed by atoms with Crippen molar-refractivity contribution in [1.29, 1.82) is 0 Å². The molecule has 0 saturated carbocycles. The highest BCUT2D eigenvalue weighted by Gasteiger charge is 2.54. The van der Waals surface area contributed by atoms with E-state index in [1.165, 1.54) is 22.3 Å². The number of esters is 1. The molecule has 2 amide bonds. The lowest BCUT2D eigenvalue weighted by Gasteiger charge is -2.50. The number of amides is 2. The minimum absolute atomic E-state index is 0.0105. The van der Waals surface area contributed by atoms with Gasteiger partial charge in [-0.1, -0.05) is 12.7 Å². The molecule has 1 N–H and O–H groups in total. The van der Waals surface area contributed by atoms with Gasteiger partial charge in [-0.25, -0.2) is 14.6 Å². The van der Waals surface area contributed by atoms with Crippen LogP contribution in [-0.2, 0) is 19.1 Å². The average molecular weight is 472 g/mol. The van der Waals surface area contributed by atoms with Gasteiger partial charge >= 0.3 is 12.1 Å². The number of allylic oxidation sites excluding steroid dienone is 1. The van der Waals surface area contributed by atoms with Crippen molar-refractivity contribution in [2.45, 2.75) is 51.3 Å². The summed E-state index contributed by atoms with van der Waals surface area (Å²) in [6, 6.07) is 2.44. The Hall–Kier alpha value is -3.40. The third-order valence-corrected chi connectivity index (χ3v) is 6.04. The molecule has 0 radical (unpaired) electrons. The number of carbonyl (C=O) groups is 3. The van der Waals surface area contributed by atoms with Crippen molar-refractivity contribution in [2.75, 3.05) is 6.61 Å². The molecule has 174 valence electrons. The van der Waals surface area contributed by atoms with Crippen molar-refractivity contribution in [3.8, 4) is 10.8 Å². The van der Waals surface area contributed by atoms with E-state index < -0.39 is 29.6 Å². The molecule has 2 aliphatic heterocycles. The number of furan rings is 1. The summed E-state index contributed by atoms with van der Waals surface area (Å²) in [5, 5.41) is 5.13. The zero-order valence-corrected chi connectivity index (χ0v) is 19.4. The Morgan fingerprint density at radius 3 is 2.88 bits per heavy atom. The number of nitrogens with zero attached hydrogens (tertiary/aromatic N) is 2. The normalized spacial score (nSPS) is 20.1. The predicted molar refractivity (Wildman–Crippen MR) is 121 cm³/mol. The molecule has 1 saturated heterocycles. The third-order valence-electron chi connectivity index (χ3n) is 5.18. The minimum atomic E-state index is -0.766. The summed E-state index contributed by atoms with van der Waals surface area (Å²) in [6.07, 6.45) is 3.39. The van der Waals surface area contributed by atoms with Crippen LogP contribution in [0.15, 0.2) is 46.5 Å². The molecule has 0 bridgehead atoms. The van der Waals surface area contributed by atoms with E-state index in [4.69, 9.17) is 13.9 Å². The van der Waals surface area contributed by atoms with Gasteiger partial charge in [-0.05, 0) is 45.7 Å². The highest BCUT2D eigenvalue weighted by atomic mass is 32.1. The van der Waals surface area contributed by atoms with Crippen LogP contribution in [0.1, 0.15) is 39.3 Å². The number of thiazole rings is 1.